The maximum Gasteiger partial charge on any atom is 0.191 e. The van der Waals surface area contributed by atoms with Gasteiger partial charge in [0.15, 0.2) is 5.96 Å². The highest BCUT2D eigenvalue weighted by Gasteiger charge is 2.34. The van der Waals surface area contributed by atoms with Gasteiger partial charge in [0.1, 0.15) is 5.75 Å². The van der Waals surface area contributed by atoms with Gasteiger partial charge in [0.05, 0.1) is 7.11 Å². The van der Waals surface area contributed by atoms with Crippen molar-refractivity contribution in [3.05, 3.63) is 29.3 Å². The maximum absolute atomic E-state index is 5.53. The number of aryl methyl sites for hydroxylation is 1. The lowest BCUT2D eigenvalue weighted by Crippen LogP contribution is -2.57. The number of methoxy groups -OCH3 is 1. The molecule has 6 nitrogen and oxygen atoms in total. The molecule has 2 rings (SSSR count). The van der Waals surface area contributed by atoms with Gasteiger partial charge >= 0.3 is 0 Å². The van der Waals surface area contributed by atoms with E-state index in [2.05, 4.69) is 59.7 Å². The summed E-state index contributed by atoms with van der Waals surface area (Å²) in [6.45, 7) is 5.20. The fourth-order valence-corrected chi connectivity index (χ4v) is 3.18. The third-order valence-corrected chi connectivity index (χ3v) is 5.07. The second-order valence-corrected chi connectivity index (χ2v) is 6.83. The number of ether oxygens (including phenoxy) is 2. The standard InChI is InChI=1S/C19H32N4O2.HI/c1-15-6-7-16(17(12-15)24-5)13-21-18(20-2)22-14-19(23(3)4)8-10-25-11-9-19;/h6-7,12H,8-11,13-14H2,1-5H3,(H2,20,21,22);1H. The van der Waals surface area contributed by atoms with E-state index in [0.717, 1.165) is 49.9 Å². The van der Waals surface area contributed by atoms with Crippen molar-refractivity contribution in [2.45, 2.75) is 31.8 Å². The monoisotopic (exact) mass is 476 g/mol. The lowest BCUT2D eigenvalue weighted by atomic mass is 9.88. The Hall–Kier alpha value is -1.06. The minimum absolute atomic E-state index is 0. The van der Waals surface area contributed by atoms with Crippen LogP contribution in [0.25, 0.3) is 0 Å². The molecule has 0 bridgehead atoms. The molecule has 148 valence electrons. The lowest BCUT2D eigenvalue weighted by Gasteiger charge is -2.43. The van der Waals surface area contributed by atoms with E-state index < -0.39 is 0 Å². The number of likely N-dealkylation sites (N-methyl/N-ethyl adjacent to an activating group) is 1. The Balaban J connectivity index is 0.00000338. The van der Waals surface area contributed by atoms with Crippen molar-refractivity contribution < 1.29 is 9.47 Å². The fourth-order valence-electron chi connectivity index (χ4n) is 3.18. The zero-order valence-electron chi connectivity index (χ0n) is 16.6. The summed E-state index contributed by atoms with van der Waals surface area (Å²) in [6.07, 6.45) is 2.05. The van der Waals surface area contributed by atoms with Gasteiger partial charge in [-0.3, -0.25) is 4.99 Å². The number of nitrogens with one attached hydrogen (secondary N) is 2. The van der Waals surface area contributed by atoms with Crippen molar-refractivity contribution in [1.82, 2.24) is 15.5 Å². The number of nitrogens with zero attached hydrogens (tertiary/aromatic N) is 2. The number of guanidine groups is 1. The average Bonchev–Trinajstić information content (AvgIpc) is 2.63. The first kappa shape index (κ1) is 23.0. The molecule has 0 spiro atoms. The van der Waals surface area contributed by atoms with E-state index >= 15 is 0 Å². The molecule has 1 saturated heterocycles. The van der Waals surface area contributed by atoms with Crippen LogP contribution in [0.5, 0.6) is 5.75 Å². The fraction of sp³-hybridized carbons (Fsp3) is 0.632. The molecule has 1 aromatic rings. The molecule has 0 radical (unpaired) electrons. The number of rotatable bonds is 6. The lowest BCUT2D eigenvalue weighted by molar-refractivity contribution is -0.00501. The quantitative estimate of drug-likeness (QED) is 0.375. The number of benzene rings is 1. The predicted molar refractivity (Wildman–Crippen MR) is 118 cm³/mol. The van der Waals surface area contributed by atoms with E-state index in [-0.39, 0.29) is 29.5 Å². The van der Waals surface area contributed by atoms with E-state index in [0.29, 0.717) is 6.54 Å². The van der Waals surface area contributed by atoms with Crippen LogP contribution in [0.1, 0.15) is 24.0 Å². The second-order valence-electron chi connectivity index (χ2n) is 6.83. The number of hydrogen-bond acceptors (Lipinski definition) is 4. The molecule has 0 aliphatic carbocycles. The van der Waals surface area contributed by atoms with E-state index in [1.807, 2.05) is 0 Å². The summed E-state index contributed by atoms with van der Waals surface area (Å²) in [5.74, 6) is 1.70. The van der Waals surface area contributed by atoms with Crippen LogP contribution in [0.3, 0.4) is 0 Å². The number of halogens is 1. The van der Waals surface area contributed by atoms with Crippen LogP contribution in [0.2, 0.25) is 0 Å². The van der Waals surface area contributed by atoms with Gasteiger partial charge in [-0.15, -0.1) is 24.0 Å². The zero-order valence-corrected chi connectivity index (χ0v) is 18.9. The summed E-state index contributed by atoms with van der Waals surface area (Å²) < 4.78 is 11.0. The summed E-state index contributed by atoms with van der Waals surface area (Å²) in [4.78, 5) is 6.66. The predicted octanol–water partition coefficient (Wildman–Crippen LogP) is 2.40. The van der Waals surface area contributed by atoms with Crippen LogP contribution in [0.4, 0.5) is 0 Å². The first-order valence-corrected chi connectivity index (χ1v) is 8.84. The molecule has 0 unspecified atom stereocenters. The maximum atomic E-state index is 5.53. The van der Waals surface area contributed by atoms with E-state index in [1.165, 1.54) is 5.56 Å². The van der Waals surface area contributed by atoms with Gasteiger partial charge in [0, 0.05) is 44.5 Å². The Bertz CT molecular complexity index is 587. The van der Waals surface area contributed by atoms with Crippen LogP contribution in [0, 0.1) is 6.92 Å². The van der Waals surface area contributed by atoms with Crippen molar-refractivity contribution in [3.63, 3.8) is 0 Å². The van der Waals surface area contributed by atoms with E-state index in [1.54, 1.807) is 14.2 Å². The SMILES string of the molecule is CN=C(NCc1ccc(C)cc1OC)NCC1(N(C)C)CCOCC1.I. The molecule has 1 aliphatic heterocycles. The minimum Gasteiger partial charge on any atom is -0.496 e. The number of hydrogen-bond donors (Lipinski definition) is 2. The molecule has 0 aromatic heterocycles. The highest BCUT2D eigenvalue weighted by atomic mass is 127. The van der Waals surface area contributed by atoms with Crippen molar-refractivity contribution in [2.75, 3.05) is 48.0 Å². The molecule has 0 amide bonds. The Kier molecular flexibility index (Phi) is 9.67. The van der Waals surface area contributed by atoms with Crippen molar-refractivity contribution in [2.24, 2.45) is 4.99 Å². The average molecular weight is 476 g/mol. The van der Waals surface area contributed by atoms with E-state index in [9.17, 15) is 0 Å². The summed E-state index contributed by atoms with van der Waals surface area (Å²) in [5.41, 5.74) is 2.41. The van der Waals surface area contributed by atoms with Crippen molar-refractivity contribution >= 4 is 29.9 Å². The van der Waals surface area contributed by atoms with Crippen LogP contribution < -0.4 is 15.4 Å². The van der Waals surface area contributed by atoms with Crippen LogP contribution in [-0.2, 0) is 11.3 Å². The number of aliphatic imine (C=N–C) groups is 1. The van der Waals surface area contributed by atoms with Gasteiger partial charge in [0.2, 0.25) is 0 Å². The van der Waals surface area contributed by atoms with Gasteiger partial charge < -0.3 is 25.0 Å². The summed E-state index contributed by atoms with van der Waals surface area (Å²) in [7, 11) is 7.78. The molecule has 1 fully saturated rings. The molecule has 0 saturated carbocycles. The molecule has 1 aliphatic rings. The van der Waals surface area contributed by atoms with Crippen LogP contribution >= 0.6 is 24.0 Å². The van der Waals surface area contributed by atoms with Gasteiger partial charge in [-0.05, 0) is 45.5 Å². The summed E-state index contributed by atoms with van der Waals surface area (Å²) in [5, 5.41) is 6.87. The van der Waals surface area contributed by atoms with Gasteiger partial charge in [-0.2, -0.15) is 0 Å². The molecule has 7 heteroatoms. The van der Waals surface area contributed by atoms with Crippen molar-refractivity contribution in [3.8, 4) is 5.75 Å². The third-order valence-electron chi connectivity index (χ3n) is 5.07. The van der Waals surface area contributed by atoms with Crippen LogP contribution in [0.15, 0.2) is 23.2 Å². The second kappa shape index (κ2) is 10.9. The van der Waals surface area contributed by atoms with E-state index in [4.69, 9.17) is 9.47 Å². The Labute approximate surface area is 174 Å². The molecule has 1 aromatic carbocycles. The van der Waals surface area contributed by atoms with Gasteiger partial charge in [-0.25, -0.2) is 0 Å². The highest BCUT2D eigenvalue weighted by molar-refractivity contribution is 14.0. The molecule has 1 heterocycles. The summed E-state index contributed by atoms with van der Waals surface area (Å²) in [6, 6.07) is 6.24. The van der Waals surface area contributed by atoms with Crippen molar-refractivity contribution in [1.29, 1.82) is 0 Å². The normalized spacial score (nSPS) is 16.8. The zero-order chi connectivity index (χ0) is 18.3. The Morgan fingerprint density at radius 3 is 2.54 bits per heavy atom. The minimum atomic E-state index is 0. The van der Waals surface area contributed by atoms with Gasteiger partial charge in [-0.1, -0.05) is 12.1 Å². The Morgan fingerprint density at radius 1 is 1.27 bits per heavy atom. The van der Waals surface area contributed by atoms with Crippen LogP contribution in [-0.4, -0.2) is 64.4 Å². The topological polar surface area (TPSA) is 58.1 Å². The van der Waals surface area contributed by atoms with Gasteiger partial charge in [0.25, 0.3) is 0 Å². The first-order chi connectivity index (χ1) is 12.0. The molecular formula is C19H33IN4O2. The third kappa shape index (κ3) is 5.99. The highest BCUT2D eigenvalue weighted by Crippen LogP contribution is 2.25. The molecule has 0 atom stereocenters. The first-order valence-electron chi connectivity index (χ1n) is 8.84. The smallest absolute Gasteiger partial charge is 0.191 e. The molecular weight excluding hydrogens is 443 g/mol. The largest absolute Gasteiger partial charge is 0.496 e. The molecule has 2 N–H and O–H groups in total. The molecule has 26 heavy (non-hydrogen) atoms. The summed E-state index contributed by atoms with van der Waals surface area (Å²) >= 11 is 0. The Morgan fingerprint density at radius 2 is 1.96 bits per heavy atom.